The van der Waals surface area contributed by atoms with Crippen LogP contribution in [0.1, 0.15) is 15.9 Å². The van der Waals surface area contributed by atoms with Crippen molar-refractivity contribution in [3.05, 3.63) is 176 Å². The Morgan fingerprint density at radius 2 is 0.865 bits per heavy atom. The highest BCUT2D eigenvalue weighted by Crippen LogP contribution is 2.36. The van der Waals surface area contributed by atoms with E-state index in [0.29, 0.717) is 22.6 Å². The minimum atomic E-state index is -0.316. The van der Waals surface area contributed by atoms with Crippen molar-refractivity contribution in [2.75, 3.05) is 0 Å². The number of ketones is 1. The zero-order chi connectivity index (χ0) is 35.8. The SMILES string of the molecule is O=C(c1ccc(-c2nc(-c3cccc(Br)c3)[nH]c2-c2ccc(Br)cc2)cc1)c1ccc(-c2[nH]c(-c3cccc(Br)c3)nc2-c2ccc(F)cc2)cc1. The molecule has 0 aliphatic rings. The fourth-order valence-electron chi connectivity index (χ4n) is 6.09. The molecule has 8 rings (SSSR count). The molecule has 252 valence electrons. The van der Waals surface area contributed by atoms with Gasteiger partial charge >= 0.3 is 0 Å². The van der Waals surface area contributed by atoms with Crippen LogP contribution < -0.4 is 0 Å². The maximum absolute atomic E-state index is 13.8. The number of aromatic amines is 2. The van der Waals surface area contributed by atoms with Crippen molar-refractivity contribution in [2.45, 2.75) is 0 Å². The van der Waals surface area contributed by atoms with Crippen molar-refractivity contribution < 1.29 is 9.18 Å². The van der Waals surface area contributed by atoms with Gasteiger partial charge in [-0.25, -0.2) is 14.4 Å². The molecule has 5 nitrogen and oxygen atoms in total. The summed E-state index contributed by atoms with van der Waals surface area (Å²) in [6.45, 7) is 0. The number of nitrogens with zero attached hydrogens (tertiary/aromatic N) is 2. The van der Waals surface area contributed by atoms with Crippen molar-refractivity contribution >= 4 is 53.6 Å². The Balaban J connectivity index is 1.10. The monoisotopic (exact) mass is 870 g/mol. The van der Waals surface area contributed by atoms with Crippen LogP contribution in [0.3, 0.4) is 0 Å². The van der Waals surface area contributed by atoms with Crippen LogP contribution >= 0.6 is 47.8 Å². The van der Waals surface area contributed by atoms with Gasteiger partial charge in [-0.15, -0.1) is 0 Å². The lowest BCUT2D eigenvalue weighted by Gasteiger charge is -2.07. The first kappa shape index (κ1) is 33.9. The van der Waals surface area contributed by atoms with Gasteiger partial charge in [-0.05, 0) is 60.7 Å². The Kier molecular flexibility index (Phi) is 9.40. The zero-order valence-corrected chi connectivity index (χ0v) is 31.9. The highest BCUT2D eigenvalue weighted by Gasteiger charge is 2.19. The topological polar surface area (TPSA) is 74.4 Å². The standard InChI is InChI=1S/C43H26Br3FN4O/c44-33-19-15-27(16-20-33)39-37(48-42(50-39)31-3-1-5-34(45)23-31)25-7-11-29(12-8-25)41(52)30-13-9-26(10-14-30)38-40(28-17-21-36(47)22-18-28)51-43(49-38)32-4-2-6-35(46)24-32/h1-24H,(H,48,50)(H,49,51). The zero-order valence-electron chi connectivity index (χ0n) is 27.2. The van der Waals surface area contributed by atoms with Gasteiger partial charge in [-0.2, -0.15) is 0 Å². The third-order valence-electron chi connectivity index (χ3n) is 8.71. The Labute approximate surface area is 324 Å². The average Bonchev–Trinajstić information content (AvgIpc) is 3.82. The number of imidazole rings is 2. The van der Waals surface area contributed by atoms with E-state index in [4.69, 9.17) is 9.97 Å². The van der Waals surface area contributed by atoms with Crippen LogP contribution in [-0.2, 0) is 0 Å². The van der Waals surface area contributed by atoms with Gasteiger partial charge in [-0.3, -0.25) is 4.79 Å². The van der Waals surface area contributed by atoms with Gasteiger partial charge in [0, 0.05) is 57.9 Å². The molecule has 2 heterocycles. The van der Waals surface area contributed by atoms with E-state index in [2.05, 4.69) is 57.8 Å². The molecule has 9 heteroatoms. The smallest absolute Gasteiger partial charge is 0.193 e. The fraction of sp³-hybridized carbons (Fsp3) is 0. The van der Waals surface area contributed by atoms with Gasteiger partial charge in [0.1, 0.15) is 17.5 Å². The molecule has 0 fully saturated rings. The normalized spacial score (nSPS) is 11.2. The van der Waals surface area contributed by atoms with Gasteiger partial charge in [0.15, 0.2) is 5.78 Å². The summed E-state index contributed by atoms with van der Waals surface area (Å²) >= 11 is 10.6. The maximum atomic E-state index is 13.8. The lowest BCUT2D eigenvalue weighted by Crippen LogP contribution is -2.01. The van der Waals surface area contributed by atoms with E-state index in [-0.39, 0.29) is 11.6 Å². The fourth-order valence-corrected chi connectivity index (χ4v) is 7.15. The van der Waals surface area contributed by atoms with Gasteiger partial charge in [-0.1, -0.05) is 133 Å². The van der Waals surface area contributed by atoms with E-state index in [1.54, 1.807) is 12.1 Å². The molecule has 6 aromatic carbocycles. The molecule has 0 bridgehead atoms. The first-order valence-electron chi connectivity index (χ1n) is 16.3. The second-order valence-corrected chi connectivity index (χ2v) is 14.9. The molecular formula is C43H26Br3FN4O. The number of aromatic nitrogens is 4. The second-order valence-electron chi connectivity index (χ2n) is 12.1. The van der Waals surface area contributed by atoms with Gasteiger partial charge in [0.2, 0.25) is 0 Å². The molecule has 0 atom stereocenters. The average molecular weight is 873 g/mol. The van der Waals surface area contributed by atoms with E-state index in [9.17, 15) is 9.18 Å². The van der Waals surface area contributed by atoms with Crippen molar-refractivity contribution in [1.82, 2.24) is 19.9 Å². The Morgan fingerprint density at radius 1 is 0.462 bits per heavy atom. The number of rotatable bonds is 8. The molecule has 8 aromatic rings. The van der Waals surface area contributed by atoms with E-state index in [1.165, 1.54) is 12.1 Å². The maximum Gasteiger partial charge on any atom is 0.193 e. The first-order chi connectivity index (χ1) is 25.3. The van der Waals surface area contributed by atoms with Crippen LogP contribution in [-0.4, -0.2) is 25.7 Å². The molecule has 2 aromatic heterocycles. The van der Waals surface area contributed by atoms with Crippen LogP contribution in [0.5, 0.6) is 0 Å². The molecule has 0 aliphatic carbocycles. The lowest BCUT2D eigenvalue weighted by atomic mass is 9.98. The number of H-pyrrole nitrogens is 2. The third kappa shape index (κ3) is 6.99. The van der Waals surface area contributed by atoms with Crippen LogP contribution in [0.2, 0.25) is 0 Å². The number of benzene rings is 6. The predicted molar refractivity (Wildman–Crippen MR) is 216 cm³/mol. The minimum Gasteiger partial charge on any atom is -0.337 e. The van der Waals surface area contributed by atoms with Crippen molar-refractivity contribution in [2.24, 2.45) is 0 Å². The Bertz CT molecular complexity index is 2380. The van der Waals surface area contributed by atoms with E-state index < -0.39 is 0 Å². The molecule has 0 amide bonds. The number of carbonyl (C=O) groups excluding carboxylic acids is 1. The number of carbonyl (C=O) groups is 1. The quantitative estimate of drug-likeness (QED) is 0.149. The summed E-state index contributed by atoms with van der Waals surface area (Å²) in [5, 5.41) is 0. The first-order valence-corrected chi connectivity index (χ1v) is 18.7. The lowest BCUT2D eigenvalue weighted by molar-refractivity contribution is 0.103. The van der Waals surface area contributed by atoms with Gasteiger partial charge in [0.25, 0.3) is 0 Å². The van der Waals surface area contributed by atoms with Gasteiger partial charge in [0.05, 0.1) is 22.8 Å². The Hall–Kier alpha value is -5.22. The number of hydrogen-bond acceptors (Lipinski definition) is 3. The molecule has 0 saturated heterocycles. The number of hydrogen-bond donors (Lipinski definition) is 2. The highest BCUT2D eigenvalue weighted by molar-refractivity contribution is 9.11. The largest absolute Gasteiger partial charge is 0.337 e. The summed E-state index contributed by atoms with van der Waals surface area (Å²) in [7, 11) is 0. The summed E-state index contributed by atoms with van der Waals surface area (Å²) < 4.78 is 16.7. The molecular weight excluding hydrogens is 847 g/mol. The molecule has 2 N–H and O–H groups in total. The number of halogens is 4. The summed E-state index contributed by atoms with van der Waals surface area (Å²) in [5.41, 5.74) is 9.62. The molecule has 0 aliphatic heterocycles. The minimum absolute atomic E-state index is 0.0960. The third-order valence-corrected chi connectivity index (χ3v) is 10.2. The molecule has 0 unspecified atom stereocenters. The predicted octanol–water partition coefficient (Wildman–Crippen LogP) is 12.8. The number of nitrogens with one attached hydrogen (secondary N) is 2. The van der Waals surface area contributed by atoms with Crippen molar-refractivity contribution in [3.8, 4) is 67.8 Å². The summed E-state index contributed by atoms with van der Waals surface area (Å²) in [4.78, 5) is 30.7. The van der Waals surface area contributed by atoms with Crippen LogP contribution in [0.25, 0.3) is 67.8 Å². The molecule has 52 heavy (non-hydrogen) atoms. The highest BCUT2D eigenvalue weighted by atomic mass is 79.9. The van der Waals surface area contributed by atoms with E-state index in [1.807, 2.05) is 121 Å². The van der Waals surface area contributed by atoms with E-state index in [0.717, 1.165) is 69.7 Å². The molecule has 0 spiro atoms. The summed E-state index contributed by atoms with van der Waals surface area (Å²) in [6.07, 6.45) is 0. The summed E-state index contributed by atoms with van der Waals surface area (Å²) in [5.74, 6) is 1.02. The van der Waals surface area contributed by atoms with E-state index >= 15 is 0 Å². The Morgan fingerprint density at radius 3 is 1.31 bits per heavy atom. The summed E-state index contributed by atoms with van der Waals surface area (Å²) in [6, 6.07) is 45.3. The van der Waals surface area contributed by atoms with Crippen molar-refractivity contribution in [1.29, 1.82) is 0 Å². The second kappa shape index (κ2) is 14.4. The van der Waals surface area contributed by atoms with Gasteiger partial charge < -0.3 is 9.97 Å². The van der Waals surface area contributed by atoms with Crippen molar-refractivity contribution in [3.63, 3.8) is 0 Å². The molecule has 0 radical (unpaired) electrons. The molecule has 0 saturated carbocycles. The van der Waals surface area contributed by atoms with Crippen LogP contribution in [0, 0.1) is 5.82 Å². The van der Waals surface area contributed by atoms with Crippen LogP contribution in [0.15, 0.2) is 159 Å². The van der Waals surface area contributed by atoms with Crippen LogP contribution in [0.4, 0.5) is 4.39 Å².